The summed E-state index contributed by atoms with van der Waals surface area (Å²) in [4.78, 5) is 0. The van der Waals surface area contributed by atoms with Crippen LogP contribution in [0, 0.1) is 0 Å². The van der Waals surface area contributed by atoms with Gasteiger partial charge < -0.3 is 17.6 Å². The van der Waals surface area contributed by atoms with Crippen molar-refractivity contribution in [2.75, 3.05) is 0 Å². The van der Waals surface area contributed by atoms with Crippen LogP contribution in [0.1, 0.15) is 0 Å². The van der Waals surface area contributed by atoms with E-state index in [2.05, 4.69) is 173 Å². The number of para-hydroxylation sites is 2. The molecule has 0 aliphatic rings. The van der Waals surface area contributed by atoms with Gasteiger partial charge in [-0.2, -0.15) is 0 Å². The van der Waals surface area contributed by atoms with E-state index in [4.69, 9.17) is 8.83 Å². The lowest BCUT2D eigenvalue weighted by Gasteiger charge is -2.16. The first-order chi connectivity index (χ1) is 27.8. The summed E-state index contributed by atoms with van der Waals surface area (Å²) in [7, 11) is 0. The predicted octanol–water partition coefficient (Wildman–Crippen LogP) is 14.6. The number of benzene rings is 8. The normalized spacial score (nSPS) is 12.6. The Morgan fingerprint density at radius 3 is 1.54 bits per heavy atom. The van der Waals surface area contributed by atoms with Crippen LogP contribution in [0.15, 0.2) is 179 Å². The monoisotopic (exact) mass is 712 g/mol. The number of rotatable bonds is 1. The molecule has 4 nitrogen and oxygen atoms in total. The van der Waals surface area contributed by atoms with Crippen molar-refractivity contribution in [1.29, 1.82) is 0 Å². The van der Waals surface area contributed by atoms with Gasteiger partial charge in [0.05, 0.1) is 27.5 Å². The van der Waals surface area contributed by atoms with Gasteiger partial charge in [0.25, 0.3) is 0 Å². The summed E-state index contributed by atoms with van der Waals surface area (Å²) in [6.07, 6.45) is 4.62. The molecule has 0 N–H and O–H groups in total. The van der Waals surface area contributed by atoms with E-state index in [-0.39, 0.29) is 0 Å². The molecule has 0 fully saturated rings. The first-order valence-corrected chi connectivity index (χ1v) is 19.2. The number of hydrogen-bond acceptors (Lipinski definition) is 2. The van der Waals surface area contributed by atoms with E-state index < -0.39 is 0 Å². The second-order valence-electron chi connectivity index (χ2n) is 15.2. The third kappa shape index (κ3) is 3.50. The zero-order chi connectivity index (χ0) is 36.2. The van der Waals surface area contributed by atoms with Crippen LogP contribution < -0.4 is 0 Å². The fourth-order valence-electron chi connectivity index (χ4n) is 10.1. The predicted molar refractivity (Wildman–Crippen MR) is 233 cm³/mol. The van der Waals surface area contributed by atoms with Crippen molar-refractivity contribution in [3.8, 4) is 11.1 Å². The van der Waals surface area contributed by atoms with Crippen LogP contribution in [0.3, 0.4) is 0 Å². The number of hydrogen-bond donors (Lipinski definition) is 0. The molecule has 0 aliphatic heterocycles. The van der Waals surface area contributed by atoms with E-state index in [0.29, 0.717) is 0 Å². The average Bonchev–Trinajstić information content (AvgIpc) is 4.03. The molecule has 0 spiro atoms. The van der Waals surface area contributed by atoms with Crippen LogP contribution in [-0.4, -0.2) is 8.80 Å². The zero-order valence-electron chi connectivity index (χ0n) is 29.9. The van der Waals surface area contributed by atoms with E-state index in [9.17, 15) is 0 Å². The topological polar surface area (TPSA) is 35.1 Å². The summed E-state index contributed by atoms with van der Waals surface area (Å²) in [6.45, 7) is 0. The van der Waals surface area contributed by atoms with Gasteiger partial charge in [-0.05, 0) is 52.7 Å². The molecule has 0 radical (unpaired) electrons. The maximum absolute atomic E-state index is 6.75. The van der Waals surface area contributed by atoms with Gasteiger partial charge in [-0.15, -0.1) is 0 Å². The number of pyridine rings is 2. The number of aromatic nitrogens is 2. The molecule has 0 unspecified atom stereocenters. The van der Waals surface area contributed by atoms with Crippen molar-refractivity contribution in [3.63, 3.8) is 0 Å². The van der Waals surface area contributed by atoms with Crippen molar-refractivity contribution >= 4 is 120 Å². The van der Waals surface area contributed by atoms with Crippen molar-refractivity contribution in [2.45, 2.75) is 0 Å². The highest BCUT2D eigenvalue weighted by Crippen LogP contribution is 2.47. The van der Waals surface area contributed by atoms with E-state index >= 15 is 0 Å². The van der Waals surface area contributed by atoms with E-state index in [1.807, 2.05) is 6.07 Å². The molecule has 0 bridgehead atoms. The van der Waals surface area contributed by atoms with Gasteiger partial charge in [0.2, 0.25) is 0 Å². The Labute approximate surface area is 317 Å². The smallest absolute Gasteiger partial charge is 0.137 e. The molecule has 0 aliphatic carbocycles. The lowest BCUT2D eigenvalue weighted by molar-refractivity contribution is 0.669. The minimum absolute atomic E-state index is 0.888. The van der Waals surface area contributed by atoms with Crippen LogP contribution in [-0.2, 0) is 0 Å². The molecule has 0 amide bonds. The first kappa shape index (κ1) is 28.9. The van der Waals surface area contributed by atoms with E-state index in [0.717, 1.165) is 60.5 Å². The van der Waals surface area contributed by atoms with E-state index in [1.165, 1.54) is 70.4 Å². The van der Waals surface area contributed by atoms with Crippen molar-refractivity contribution in [1.82, 2.24) is 8.80 Å². The fourth-order valence-corrected chi connectivity index (χ4v) is 10.1. The molecular formula is C52H28N2O2. The second-order valence-corrected chi connectivity index (χ2v) is 15.2. The third-order valence-corrected chi connectivity index (χ3v) is 12.4. The molecule has 0 saturated heterocycles. The van der Waals surface area contributed by atoms with Gasteiger partial charge in [-0.3, -0.25) is 0 Å². The summed E-state index contributed by atoms with van der Waals surface area (Å²) >= 11 is 0. The van der Waals surface area contributed by atoms with Crippen LogP contribution in [0.25, 0.3) is 131 Å². The largest absolute Gasteiger partial charge is 0.456 e. The van der Waals surface area contributed by atoms with Gasteiger partial charge in [0, 0.05) is 77.2 Å². The Morgan fingerprint density at radius 1 is 0.304 bits per heavy atom. The molecule has 0 atom stereocenters. The molecule has 6 aromatic heterocycles. The highest BCUT2D eigenvalue weighted by atomic mass is 16.3. The van der Waals surface area contributed by atoms with Crippen LogP contribution in [0.4, 0.5) is 0 Å². The Morgan fingerprint density at radius 2 is 0.821 bits per heavy atom. The maximum Gasteiger partial charge on any atom is 0.137 e. The second kappa shape index (κ2) is 10.1. The van der Waals surface area contributed by atoms with Gasteiger partial charge >= 0.3 is 0 Å². The Hall–Kier alpha value is -7.56. The standard InChI is InChI=1S/C52H28N2O2/c1-3-13-32-31(12-1)28-54-49(32)35-16-6-5-15-34(35)48-46-38-17-7-9-19-42(38)56-45(46)26-40(52(48)54)29-21-22-36-41(25-29)37-23-24-44-47(39-18-8-10-20-43(39)55-44)51(37)53-27-30-11-2-4-14-33(30)50(36)53/h1-28H. The summed E-state index contributed by atoms with van der Waals surface area (Å²) < 4.78 is 18.1. The van der Waals surface area contributed by atoms with Gasteiger partial charge in [-0.1, -0.05) is 121 Å². The number of furan rings is 2. The minimum atomic E-state index is 0.888. The summed E-state index contributed by atoms with van der Waals surface area (Å²) in [5.41, 5.74) is 10.6. The highest BCUT2D eigenvalue weighted by molar-refractivity contribution is 6.33. The van der Waals surface area contributed by atoms with Gasteiger partial charge in [0.1, 0.15) is 22.3 Å². The summed E-state index contributed by atoms with van der Waals surface area (Å²) in [6, 6.07) is 57.0. The Kier molecular flexibility index (Phi) is 5.23. The number of nitrogens with zero attached hydrogens (tertiary/aromatic N) is 2. The fraction of sp³-hybridized carbons (Fsp3) is 0. The molecule has 4 heteroatoms. The molecule has 14 rings (SSSR count). The zero-order valence-corrected chi connectivity index (χ0v) is 29.9. The molecule has 258 valence electrons. The lowest BCUT2D eigenvalue weighted by atomic mass is 9.92. The van der Waals surface area contributed by atoms with Crippen LogP contribution >= 0.6 is 0 Å². The lowest BCUT2D eigenvalue weighted by Crippen LogP contribution is -1.95. The highest BCUT2D eigenvalue weighted by Gasteiger charge is 2.23. The van der Waals surface area contributed by atoms with Crippen LogP contribution in [0.5, 0.6) is 0 Å². The van der Waals surface area contributed by atoms with Gasteiger partial charge in [0.15, 0.2) is 0 Å². The average molecular weight is 713 g/mol. The third-order valence-electron chi connectivity index (χ3n) is 12.4. The Bertz CT molecular complexity index is 4060. The molecule has 56 heavy (non-hydrogen) atoms. The van der Waals surface area contributed by atoms with Crippen molar-refractivity contribution < 1.29 is 8.83 Å². The molecule has 14 aromatic rings. The summed E-state index contributed by atoms with van der Waals surface area (Å²) in [5.74, 6) is 0. The number of fused-ring (bicyclic) bond motifs is 24. The molecular weight excluding hydrogens is 685 g/mol. The SMILES string of the molecule is c1ccc2c(c1)cn1c3c(-c4ccc5c(c4)c4ccc6oc7ccccc7c6c4n4cc6ccccc6c54)cc4oc5ccccc5c4c3c3ccccc3c21. The van der Waals surface area contributed by atoms with E-state index in [1.54, 1.807) is 0 Å². The summed E-state index contributed by atoms with van der Waals surface area (Å²) in [5, 5.41) is 16.7. The van der Waals surface area contributed by atoms with Crippen molar-refractivity contribution in [2.24, 2.45) is 0 Å². The molecule has 6 heterocycles. The minimum Gasteiger partial charge on any atom is -0.456 e. The first-order valence-electron chi connectivity index (χ1n) is 19.2. The Balaban J connectivity index is 1.21. The van der Waals surface area contributed by atoms with Crippen molar-refractivity contribution in [3.05, 3.63) is 170 Å². The quantitative estimate of drug-likeness (QED) is 0.159. The molecule has 8 aromatic carbocycles. The molecule has 0 saturated carbocycles. The van der Waals surface area contributed by atoms with Crippen LogP contribution in [0.2, 0.25) is 0 Å². The maximum atomic E-state index is 6.75. The van der Waals surface area contributed by atoms with Gasteiger partial charge in [-0.25, -0.2) is 0 Å².